The third kappa shape index (κ3) is 3.29. The molecular formula is C14H13ClO4S. The van der Waals surface area contributed by atoms with Gasteiger partial charge < -0.3 is 4.74 Å². The summed E-state index contributed by atoms with van der Waals surface area (Å²) >= 11 is 5.88. The molecular weight excluding hydrogens is 300 g/mol. The summed E-state index contributed by atoms with van der Waals surface area (Å²) in [5.41, 5.74) is 0. The van der Waals surface area contributed by atoms with Crippen molar-refractivity contribution in [2.75, 3.05) is 12.9 Å². The Bertz CT molecular complexity index is 753. The Hall–Kier alpha value is -1.59. The first-order valence-corrected chi connectivity index (χ1v) is 7.94. The van der Waals surface area contributed by atoms with Crippen molar-refractivity contribution in [2.24, 2.45) is 0 Å². The molecule has 4 nitrogen and oxygen atoms in total. The number of hydrogen-bond acceptors (Lipinski definition) is 4. The summed E-state index contributed by atoms with van der Waals surface area (Å²) in [6.45, 7) is 0. The van der Waals surface area contributed by atoms with Gasteiger partial charge in [-0.15, -0.1) is 0 Å². The molecule has 0 fully saturated rings. The van der Waals surface area contributed by atoms with E-state index in [4.69, 9.17) is 11.6 Å². The minimum Gasteiger partial charge on any atom is -0.469 e. The second-order valence-corrected chi connectivity index (χ2v) is 6.84. The Morgan fingerprint density at radius 2 is 1.80 bits per heavy atom. The van der Waals surface area contributed by atoms with Gasteiger partial charge in [-0.3, -0.25) is 4.79 Å². The summed E-state index contributed by atoms with van der Waals surface area (Å²) in [4.78, 5) is 11.2. The number of carbonyl (C=O) groups is 1. The van der Waals surface area contributed by atoms with Crippen molar-refractivity contribution < 1.29 is 17.9 Å². The molecule has 0 aliphatic carbocycles. The Labute approximate surface area is 122 Å². The van der Waals surface area contributed by atoms with E-state index in [0.717, 1.165) is 10.8 Å². The van der Waals surface area contributed by atoms with Gasteiger partial charge in [-0.25, -0.2) is 8.42 Å². The number of methoxy groups -OCH3 is 1. The van der Waals surface area contributed by atoms with Gasteiger partial charge in [0.25, 0.3) is 0 Å². The molecule has 2 rings (SSSR count). The van der Waals surface area contributed by atoms with Crippen LogP contribution in [0.15, 0.2) is 41.3 Å². The molecule has 0 N–H and O–H groups in total. The maximum absolute atomic E-state index is 12.1. The fraction of sp³-hybridized carbons (Fsp3) is 0.214. The zero-order valence-corrected chi connectivity index (χ0v) is 12.4. The molecule has 6 heteroatoms. The van der Waals surface area contributed by atoms with E-state index in [0.29, 0.717) is 5.02 Å². The number of ether oxygens (including phenoxy) is 1. The molecule has 0 saturated heterocycles. The van der Waals surface area contributed by atoms with E-state index in [9.17, 15) is 13.2 Å². The van der Waals surface area contributed by atoms with Gasteiger partial charge in [0.15, 0.2) is 9.84 Å². The molecule has 0 heterocycles. The van der Waals surface area contributed by atoms with Crippen LogP contribution in [-0.4, -0.2) is 27.2 Å². The fourth-order valence-electron chi connectivity index (χ4n) is 1.83. The summed E-state index contributed by atoms with van der Waals surface area (Å²) in [6, 6.07) is 10.0. The predicted molar refractivity (Wildman–Crippen MR) is 77.6 cm³/mol. The summed E-state index contributed by atoms with van der Waals surface area (Å²) in [5.74, 6) is -0.806. The van der Waals surface area contributed by atoms with Gasteiger partial charge in [0.05, 0.1) is 24.2 Å². The van der Waals surface area contributed by atoms with E-state index >= 15 is 0 Å². The number of fused-ring (bicyclic) bond motifs is 1. The van der Waals surface area contributed by atoms with Gasteiger partial charge in [0.2, 0.25) is 0 Å². The summed E-state index contributed by atoms with van der Waals surface area (Å²) in [7, 11) is -2.27. The normalized spacial score (nSPS) is 11.5. The van der Waals surface area contributed by atoms with Gasteiger partial charge >= 0.3 is 5.97 Å². The quantitative estimate of drug-likeness (QED) is 0.815. The van der Waals surface area contributed by atoms with Crippen LogP contribution in [0.25, 0.3) is 10.8 Å². The highest BCUT2D eigenvalue weighted by Gasteiger charge is 2.17. The average molecular weight is 313 g/mol. The number of carbonyl (C=O) groups excluding carboxylic acids is 1. The largest absolute Gasteiger partial charge is 0.469 e. The molecule has 106 valence electrons. The molecule has 0 aliphatic rings. The topological polar surface area (TPSA) is 60.4 Å². The van der Waals surface area contributed by atoms with E-state index in [1.54, 1.807) is 30.3 Å². The standard InChI is InChI=1S/C14H13ClO4S/c1-19-14(16)6-7-20(17,18)13-5-3-10-8-12(15)4-2-11(10)9-13/h2-5,8-9H,6-7H2,1H3. The van der Waals surface area contributed by atoms with E-state index in [1.807, 2.05) is 0 Å². The van der Waals surface area contributed by atoms with Crippen molar-refractivity contribution in [1.29, 1.82) is 0 Å². The van der Waals surface area contributed by atoms with Crippen LogP contribution in [0.4, 0.5) is 0 Å². The van der Waals surface area contributed by atoms with Gasteiger partial charge in [0, 0.05) is 5.02 Å². The Morgan fingerprint density at radius 3 is 2.50 bits per heavy atom. The van der Waals surface area contributed by atoms with Crippen molar-refractivity contribution in [3.63, 3.8) is 0 Å². The maximum atomic E-state index is 12.1. The van der Waals surface area contributed by atoms with Crippen LogP contribution in [-0.2, 0) is 19.4 Å². The first kappa shape index (κ1) is 14.8. The van der Waals surface area contributed by atoms with Gasteiger partial charge in [-0.2, -0.15) is 0 Å². The van der Waals surface area contributed by atoms with E-state index in [-0.39, 0.29) is 17.1 Å². The predicted octanol–water partition coefficient (Wildman–Crippen LogP) is 2.83. The lowest BCUT2D eigenvalue weighted by Crippen LogP contribution is -2.12. The average Bonchev–Trinajstić information content (AvgIpc) is 2.44. The molecule has 0 aliphatic heterocycles. The molecule has 0 amide bonds. The van der Waals surface area contributed by atoms with Crippen LogP contribution in [0.5, 0.6) is 0 Å². The maximum Gasteiger partial charge on any atom is 0.306 e. The summed E-state index contributed by atoms with van der Waals surface area (Å²) in [5, 5.41) is 2.25. The number of esters is 1. The van der Waals surface area contributed by atoms with Crippen LogP contribution in [0.2, 0.25) is 5.02 Å². The summed E-state index contributed by atoms with van der Waals surface area (Å²) in [6.07, 6.45) is -0.155. The zero-order valence-electron chi connectivity index (χ0n) is 10.8. The van der Waals surface area contributed by atoms with Gasteiger partial charge in [-0.1, -0.05) is 23.7 Å². The lowest BCUT2D eigenvalue weighted by atomic mass is 10.1. The summed E-state index contributed by atoms with van der Waals surface area (Å²) < 4.78 is 28.7. The molecule has 20 heavy (non-hydrogen) atoms. The van der Waals surface area contributed by atoms with E-state index < -0.39 is 15.8 Å². The first-order chi connectivity index (χ1) is 9.42. The smallest absolute Gasteiger partial charge is 0.306 e. The van der Waals surface area contributed by atoms with Crippen LogP contribution in [0, 0.1) is 0 Å². The van der Waals surface area contributed by atoms with Crippen molar-refractivity contribution in [1.82, 2.24) is 0 Å². The third-order valence-corrected chi connectivity index (χ3v) is 4.88. The van der Waals surface area contributed by atoms with Gasteiger partial charge in [0.1, 0.15) is 0 Å². The van der Waals surface area contributed by atoms with Crippen LogP contribution < -0.4 is 0 Å². The number of hydrogen-bond donors (Lipinski definition) is 0. The second-order valence-electron chi connectivity index (χ2n) is 4.30. The SMILES string of the molecule is COC(=O)CCS(=O)(=O)c1ccc2cc(Cl)ccc2c1. The van der Waals surface area contributed by atoms with E-state index in [2.05, 4.69) is 4.74 Å². The highest BCUT2D eigenvalue weighted by molar-refractivity contribution is 7.91. The van der Waals surface area contributed by atoms with E-state index in [1.165, 1.54) is 13.2 Å². The first-order valence-electron chi connectivity index (χ1n) is 5.91. The lowest BCUT2D eigenvalue weighted by Gasteiger charge is -2.06. The van der Waals surface area contributed by atoms with Gasteiger partial charge in [-0.05, 0) is 35.0 Å². The number of sulfone groups is 1. The van der Waals surface area contributed by atoms with Crippen LogP contribution in [0.3, 0.4) is 0 Å². The molecule has 0 radical (unpaired) electrons. The Morgan fingerprint density at radius 1 is 1.15 bits per heavy atom. The number of rotatable bonds is 4. The third-order valence-electron chi connectivity index (χ3n) is 2.94. The highest BCUT2D eigenvalue weighted by Crippen LogP contribution is 2.23. The van der Waals surface area contributed by atoms with Crippen LogP contribution in [0.1, 0.15) is 6.42 Å². The molecule has 0 atom stereocenters. The minimum absolute atomic E-state index is 0.155. The fourth-order valence-corrected chi connectivity index (χ4v) is 3.26. The Balaban J connectivity index is 2.32. The minimum atomic E-state index is -3.50. The number of halogens is 1. The Kier molecular flexibility index (Phi) is 4.30. The highest BCUT2D eigenvalue weighted by atomic mass is 35.5. The number of benzene rings is 2. The lowest BCUT2D eigenvalue weighted by molar-refractivity contribution is -0.140. The monoisotopic (exact) mass is 312 g/mol. The van der Waals surface area contributed by atoms with Crippen molar-refractivity contribution >= 4 is 38.2 Å². The zero-order chi connectivity index (χ0) is 14.8. The molecule has 0 bridgehead atoms. The second kappa shape index (κ2) is 5.81. The molecule has 2 aromatic rings. The molecule has 2 aromatic carbocycles. The molecule has 0 saturated carbocycles. The van der Waals surface area contributed by atoms with Crippen molar-refractivity contribution in [3.05, 3.63) is 41.4 Å². The van der Waals surface area contributed by atoms with Crippen molar-refractivity contribution in [3.8, 4) is 0 Å². The van der Waals surface area contributed by atoms with Crippen molar-refractivity contribution in [2.45, 2.75) is 11.3 Å². The molecule has 0 aromatic heterocycles. The molecule has 0 unspecified atom stereocenters. The van der Waals surface area contributed by atoms with Crippen LogP contribution >= 0.6 is 11.6 Å². The molecule has 0 spiro atoms.